The Labute approximate surface area is 197 Å². The lowest BCUT2D eigenvalue weighted by atomic mass is 10.0. The number of anilines is 1. The zero-order valence-electron chi connectivity index (χ0n) is 20.1. The van der Waals surface area contributed by atoms with Gasteiger partial charge in [-0.3, -0.25) is 14.4 Å². The maximum atomic E-state index is 13.1. The molecule has 0 unspecified atom stereocenters. The van der Waals surface area contributed by atoms with Crippen molar-refractivity contribution in [2.24, 2.45) is 5.92 Å². The van der Waals surface area contributed by atoms with Crippen molar-refractivity contribution in [3.8, 4) is 5.75 Å². The predicted molar refractivity (Wildman–Crippen MR) is 120 cm³/mol. The molecule has 0 radical (unpaired) electrons. The summed E-state index contributed by atoms with van der Waals surface area (Å²) < 4.78 is 49.0. The fourth-order valence-electron chi connectivity index (χ4n) is 3.79. The lowest BCUT2D eigenvalue weighted by Gasteiger charge is -2.36. The van der Waals surface area contributed by atoms with Crippen LogP contribution in [0, 0.1) is 5.92 Å². The minimum absolute atomic E-state index is 0.0417. The summed E-state index contributed by atoms with van der Waals surface area (Å²) >= 11 is 0. The summed E-state index contributed by atoms with van der Waals surface area (Å²) in [4.78, 5) is 40.6. The van der Waals surface area contributed by atoms with Gasteiger partial charge in [-0.05, 0) is 19.1 Å². The number of carbonyl (C=O) groups excluding carboxylic acids is 3. The fraction of sp³-hybridized carbons (Fsp3) is 0.609. The van der Waals surface area contributed by atoms with Gasteiger partial charge in [0.15, 0.2) is 0 Å². The van der Waals surface area contributed by atoms with Crippen LogP contribution in [0.15, 0.2) is 18.2 Å². The number of halogens is 3. The van der Waals surface area contributed by atoms with Crippen LogP contribution in [0.4, 0.5) is 18.9 Å². The summed E-state index contributed by atoms with van der Waals surface area (Å²) in [5.74, 6) is -1.63. The van der Waals surface area contributed by atoms with Crippen LogP contribution >= 0.6 is 0 Å². The van der Waals surface area contributed by atoms with E-state index in [1.807, 2.05) is 13.8 Å². The molecular weight excluding hydrogens is 455 g/mol. The zero-order chi connectivity index (χ0) is 25.6. The fourth-order valence-corrected chi connectivity index (χ4v) is 3.79. The third-order valence-electron chi connectivity index (χ3n) is 5.71. The second-order valence-electron chi connectivity index (χ2n) is 8.55. The van der Waals surface area contributed by atoms with Crippen LogP contribution in [0.5, 0.6) is 5.75 Å². The van der Waals surface area contributed by atoms with Crippen LogP contribution in [0.3, 0.4) is 0 Å². The number of nitrogens with one attached hydrogen (secondary N) is 1. The van der Waals surface area contributed by atoms with Gasteiger partial charge in [-0.25, -0.2) is 0 Å². The monoisotopic (exact) mass is 487 g/mol. The standard InChI is InChI=1S/C23H32F3N3O5/c1-6-21(31)29-11-14(2)19(33-5)12-28(4)22(32)17-8-7-16(9-18(17)34-13-15(29)3)27-20(30)10-23(24,25)26/h7-9,14-15,19H,6,10-13H2,1-5H3,(H,27,30)/t14-,15-,19-/m0/s1. The Morgan fingerprint density at radius 2 is 1.91 bits per heavy atom. The highest BCUT2D eigenvalue weighted by Gasteiger charge is 2.32. The first-order valence-electron chi connectivity index (χ1n) is 11.1. The highest BCUT2D eigenvalue weighted by Crippen LogP contribution is 2.28. The van der Waals surface area contributed by atoms with E-state index in [9.17, 15) is 27.6 Å². The van der Waals surface area contributed by atoms with Gasteiger partial charge in [0.1, 0.15) is 18.8 Å². The summed E-state index contributed by atoms with van der Waals surface area (Å²) in [6, 6.07) is 3.71. The summed E-state index contributed by atoms with van der Waals surface area (Å²) in [5.41, 5.74) is 0.244. The van der Waals surface area contributed by atoms with Gasteiger partial charge in [0.25, 0.3) is 5.91 Å². The lowest BCUT2D eigenvalue weighted by molar-refractivity contribution is -0.150. The number of hydrogen-bond acceptors (Lipinski definition) is 5. The topological polar surface area (TPSA) is 88.2 Å². The molecule has 34 heavy (non-hydrogen) atoms. The summed E-state index contributed by atoms with van der Waals surface area (Å²) in [5, 5.41) is 2.18. The van der Waals surface area contributed by atoms with Crippen molar-refractivity contribution in [3.05, 3.63) is 23.8 Å². The van der Waals surface area contributed by atoms with E-state index in [2.05, 4.69) is 5.32 Å². The summed E-state index contributed by atoms with van der Waals surface area (Å²) in [6.45, 7) is 6.23. The minimum Gasteiger partial charge on any atom is -0.491 e. The average Bonchev–Trinajstić information content (AvgIpc) is 2.76. The van der Waals surface area contributed by atoms with E-state index in [1.54, 1.807) is 26.0 Å². The van der Waals surface area contributed by atoms with Gasteiger partial charge in [0.05, 0.1) is 17.7 Å². The van der Waals surface area contributed by atoms with Crippen LogP contribution in [0.25, 0.3) is 0 Å². The van der Waals surface area contributed by atoms with Crippen LogP contribution in [-0.2, 0) is 14.3 Å². The molecule has 0 saturated heterocycles. The van der Waals surface area contributed by atoms with Crippen molar-refractivity contribution < 1.29 is 37.0 Å². The molecule has 1 heterocycles. The molecule has 0 aromatic heterocycles. The Morgan fingerprint density at radius 3 is 2.50 bits per heavy atom. The van der Waals surface area contributed by atoms with E-state index in [0.717, 1.165) is 0 Å². The van der Waals surface area contributed by atoms with E-state index in [0.29, 0.717) is 13.0 Å². The van der Waals surface area contributed by atoms with Crippen LogP contribution in [-0.4, -0.2) is 79.7 Å². The lowest BCUT2D eigenvalue weighted by Crippen LogP contribution is -2.48. The molecule has 0 fully saturated rings. The molecule has 0 bridgehead atoms. The average molecular weight is 488 g/mol. The summed E-state index contributed by atoms with van der Waals surface area (Å²) in [7, 11) is 3.15. The molecule has 1 N–H and O–H groups in total. The van der Waals surface area contributed by atoms with E-state index in [1.165, 1.54) is 23.1 Å². The first-order valence-corrected chi connectivity index (χ1v) is 11.1. The molecule has 1 aliphatic heterocycles. The van der Waals surface area contributed by atoms with Crippen LogP contribution < -0.4 is 10.1 Å². The SMILES string of the molecule is CCC(=O)N1C[C@H](C)[C@@H](OC)CN(C)C(=O)c2ccc(NC(=O)CC(F)(F)F)cc2OC[C@@H]1C. The number of carbonyl (C=O) groups is 3. The van der Waals surface area contributed by atoms with Crippen molar-refractivity contribution in [1.29, 1.82) is 0 Å². The van der Waals surface area contributed by atoms with E-state index in [4.69, 9.17) is 9.47 Å². The normalized spacial score (nSPS) is 22.2. The minimum atomic E-state index is -4.64. The Hall–Kier alpha value is -2.82. The van der Waals surface area contributed by atoms with Crippen molar-refractivity contribution in [1.82, 2.24) is 9.80 Å². The van der Waals surface area contributed by atoms with Gasteiger partial charge in [0, 0.05) is 51.3 Å². The number of benzene rings is 1. The summed E-state index contributed by atoms with van der Waals surface area (Å²) in [6.07, 6.45) is -6.30. The molecule has 8 nitrogen and oxygen atoms in total. The Morgan fingerprint density at radius 1 is 1.24 bits per heavy atom. The largest absolute Gasteiger partial charge is 0.491 e. The van der Waals surface area contributed by atoms with Gasteiger partial charge in [-0.1, -0.05) is 13.8 Å². The molecule has 3 atom stereocenters. The van der Waals surface area contributed by atoms with Gasteiger partial charge in [0.2, 0.25) is 11.8 Å². The van der Waals surface area contributed by atoms with E-state index < -0.39 is 18.5 Å². The molecule has 190 valence electrons. The quantitative estimate of drug-likeness (QED) is 0.704. The van der Waals surface area contributed by atoms with Crippen molar-refractivity contribution in [2.75, 3.05) is 39.2 Å². The van der Waals surface area contributed by atoms with Crippen LogP contribution in [0.1, 0.15) is 44.0 Å². The van der Waals surface area contributed by atoms with Gasteiger partial charge in [-0.15, -0.1) is 0 Å². The number of alkyl halides is 3. The highest BCUT2D eigenvalue weighted by molar-refractivity contribution is 5.98. The molecule has 3 amide bonds. The predicted octanol–water partition coefficient (Wildman–Crippen LogP) is 3.32. The molecule has 1 aliphatic rings. The molecule has 0 aliphatic carbocycles. The smallest absolute Gasteiger partial charge is 0.397 e. The van der Waals surface area contributed by atoms with Gasteiger partial charge < -0.3 is 24.6 Å². The molecule has 11 heteroatoms. The number of likely N-dealkylation sites (N-methyl/N-ethyl adjacent to an activating group) is 1. The zero-order valence-corrected chi connectivity index (χ0v) is 20.1. The van der Waals surface area contributed by atoms with Gasteiger partial charge >= 0.3 is 6.18 Å². The number of fused-ring (bicyclic) bond motifs is 1. The number of rotatable bonds is 4. The molecule has 2 rings (SSSR count). The Kier molecular flexibility index (Phi) is 9.31. The molecule has 0 spiro atoms. The Bertz CT molecular complexity index is 893. The maximum absolute atomic E-state index is 13.1. The second-order valence-corrected chi connectivity index (χ2v) is 8.55. The number of hydrogen-bond donors (Lipinski definition) is 1. The number of nitrogens with zero attached hydrogens (tertiary/aromatic N) is 2. The third kappa shape index (κ3) is 7.34. The number of amides is 3. The van der Waals surface area contributed by atoms with E-state index >= 15 is 0 Å². The maximum Gasteiger partial charge on any atom is 0.397 e. The molecule has 1 aromatic rings. The first-order chi connectivity index (χ1) is 15.9. The molecular formula is C23H32F3N3O5. The van der Waals surface area contributed by atoms with Crippen molar-refractivity contribution in [2.45, 2.75) is 51.9 Å². The van der Waals surface area contributed by atoms with Gasteiger partial charge in [-0.2, -0.15) is 13.2 Å². The van der Waals surface area contributed by atoms with E-state index in [-0.39, 0.29) is 60.0 Å². The highest BCUT2D eigenvalue weighted by atomic mass is 19.4. The number of methoxy groups -OCH3 is 1. The Balaban J connectivity index is 2.41. The third-order valence-corrected chi connectivity index (χ3v) is 5.71. The number of ether oxygens (including phenoxy) is 2. The second kappa shape index (κ2) is 11.5. The first kappa shape index (κ1) is 27.4. The van der Waals surface area contributed by atoms with Crippen LogP contribution in [0.2, 0.25) is 0 Å². The van der Waals surface area contributed by atoms with Crippen molar-refractivity contribution >= 4 is 23.4 Å². The molecule has 1 aromatic carbocycles. The molecule has 0 saturated carbocycles. The van der Waals surface area contributed by atoms with Crippen molar-refractivity contribution in [3.63, 3.8) is 0 Å².